The van der Waals surface area contributed by atoms with E-state index in [1.807, 2.05) is 0 Å². The average Bonchev–Trinajstić information content (AvgIpc) is 2.07. The van der Waals surface area contributed by atoms with Gasteiger partial charge in [-0.1, -0.05) is 23.8 Å². The van der Waals surface area contributed by atoms with Gasteiger partial charge >= 0.3 is 0 Å². The quantitative estimate of drug-likeness (QED) is 0.681. The van der Waals surface area contributed by atoms with Gasteiger partial charge in [-0.25, -0.2) is 0 Å². The van der Waals surface area contributed by atoms with Gasteiger partial charge in [-0.2, -0.15) is 0 Å². The minimum atomic E-state index is 0.426. The molecule has 0 bridgehead atoms. The van der Waals surface area contributed by atoms with E-state index in [4.69, 9.17) is 5.73 Å². The fraction of sp³-hybridized carbons (Fsp3) is 0.600. The Morgan fingerprint density at radius 1 is 1.58 bits per heavy atom. The zero-order valence-electron chi connectivity index (χ0n) is 7.96. The summed E-state index contributed by atoms with van der Waals surface area (Å²) in [5, 5.41) is 0. The van der Waals surface area contributed by atoms with Crippen molar-refractivity contribution in [3.63, 3.8) is 0 Å². The molecule has 1 aliphatic rings. The zero-order chi connectivity index (χ0) is 8.97. The van der Waals surface area contributed by atoms with Crippen LogP contribution >= 0.6 is 0 Å². The molecular formula is C10H18N2. The number of allylic oxidation sites excluding steroid dienone is 3. The molecule has 0 saturated heterocycles. The van der Waals surface area contributed by atoms with Crippen LogP contribution in [0.5, 0.6) is 0 Å². The van der Waals surface area contributed by atoms with E-state index in [1.165, 1.54) is 5.57 Å². The molecule has 2 N–H and O–H groups in total. The maximum atomic E-state index is 5.70. The molecule has 1 rings (SSSR count). The molecule has 0 aromatic heterocycles. The van der Waals surface area contributed by atoms with Crippen molar-refractivity contribution in [2.75, 3.05) is 20.6 Å². The van der Waals surface area contributed by atoms with E-state index < -0.39 is 0 Å². The highest BCUT2D eigenvalue weighted by atomic mass is 15.1. The van der Waals surface area contributed by atoms with Crippen molar-refractivity contribution >= 4 is 0 Å². The smallest absolute Gasteiger partial charge is 0.0427 e. The SMILES string of the molecule is CN(C)C(CN)C1=CC=CCC1. The van der Waals surface area contributed by atoms with E-state index in [2.05, 4.69) is 37.2 Å². The molecule has 1 atom stereocenters. The highest BCUT2D eigenvalue weighted by molar-refractivity contribution is 5.22. The number of likely N-dealkylation sites (N-methyl/N-ethyl adjacent to an activating group) is 1. The van der Waals surface area contributed by atoms with Crippen LogP contribution in [0, 0.1) is 0 Å². The summed E-state index contributed by atoms with van der Waals surface area (Å²) in [5.41, 5.74) is 7.16. The number of hydrogen-bond donors (Lipinski definition) is 1. The number of nitrogens with zero attached hydrogens (tertiary/aromatic N) is 1. The van der Waals surface area contributed by atoms with Gasteiger partial charge in [0.15, 0.2) is 0 Å². The van der Waals surface area contributed by atoms with Crippen LogP contribution in [0.3, 0.4) is 0 Å². The lowest BCUT2D eigenvalue weighted by Crippen LogP contribution is -2.36. The molecule has 0 saturated carbocycles. The summed E-state index contributed by atoms with van der Waals surface area (Å²) in [6.07, 6.45) is 8.85. The Hall–Kier alpha value is -0.600. The third-order valence-corrected chi connectivity index (χ3v) is 2.32. The Balaban J connectivity index is 2.64. The monoisotopic (exact) mass is 166 g/mol. The van der Waals surface area contributed by atoms with E-state index in [0.29, 0.717) is 12.6 Å². The standard InChI is InChI=1S/C10H18N2/c1-12(2)10(8-11)9-6-4-3-5-7-9/h3-4,6,10H,5,7-8,11H2,1-2H3. The molecule has 0 spiro atoms. The summed E-state index contributed by atoms with van der Waals surface area (Å²) >= 11 is 0. The molecule has 0 amide bonds. The van der Waals surface area contributed by atoms with Crippen LogP contribution in [0.25, 0.3) is 0 Å². The van der Waals surface area contributed by atoms with E-state index in [-0.39, 0.29) is 0 Å². The summed E-state index contributed by atoms with van der Waals surface area (Å²) in [4.78, 5) is 2.19. The van der Waals surface area contributed by atoms with Gasteiger partial charge in [-0.3, -0.25) is 0 Å². The Morgan fingerprint density at radius 2 is 2.33 bits per heavy atom. The van der Waals surface area contributed by atoms with Gasteiger partial charge in [0, 0.05) is 12.6 Å². The second-order valence-electron chi connectivity index (χ2n) is 3.42. The molecule has 68 valence electrons. The molecular weight excluding hydrogens is 148 g/mol. The van der Waals surface area contributed by atoms with E-state index in [9.17, 15) is 0 Å². The molecule has 1 aliphatic carbocycles. The molecule has 2 heteroatoms. The van der Waals surface area contributed by atoms with Gasteiger partial charge in [0.1, 0.15) is 0 Å². The summed E-state index contributed by atoms with van der Waals surface area (Å²) < 4.78 is 0. The first-order chi connectivity index (χ1) is 5.75. The van der Waals surface area contributed by atoms with E-state index in [1.54, 1.807) is 0 Å². The lowest BCUT2D eigenvalue weighted by molar-refractivity contribution is 0.330. The molecule has 0 radical (unpaired) electrons. The van der Waals surface area contributed by atoms with Crippen LogP contribution in [0.1, 0.15) is 12.8 Å². The summed E-state index contributed by atoms with van der Waals surface area (Å²) in [6.45, 7) is 0.715. The van der Waals surface area contributed by atoms with Gasteiger partial charge in [0.05, 0.1) is 0 Å². The first kappa shape index (κ1) is 9.49. The summed E-state index contributed by atoms with van der Waals surface area (Å²) in [7, 11) is 4.16. The Morgan fingerprint density at radius 3 is 2.75 bits per heavy atom. The first-order valence-corrected chi connectivity index (χ1v) is 4.47. The fourth-order valence-corrected chi connectivity index (χ4v) is 1.59. The van der Waals surface area contributed by atoms with Gasteiger partial charge in [-0.15, -0.1) is 0 Å². The molecule has 0 aromatic carbocycles. The third kappa shape index (κ3) is 2.19. The largest absolute Gasteiger partial charge is 0.329 e. The van der Waals surface area contributed by atoms with Crippen molar-refractivity contribution in [3.05, 3.63) is 23.8 Å². The van der Waals surface area contributed by atoms with Gasteiger partial charge in [0.2, 0.25) is 0 Å². The minimum Gasteiger partial charge on any atom is -0.329 e. The zero-order valence-corrected chi connectivity index (χ0v) is 7.96. The Labute approximate surface area is 74.7 Å². The lowest BCUT2D eigenvalue weighted by atomic mass is 9.97. The normalized spacial score (nSPS) is 19.5. The van der Waals surface area contributed by atoms with Crippen LogP contribution in [-0.2, 0) is 0 Å². The second kappa shape index (κ2) is 4.43. The predicted octanol–water partition coefficient (Wildman–Crippen LogP) is 1.15. The van der Waals surface area contributed by atoms with Gasteiger partial charge in [0.25, 0.3) is 0 Å². The van der Waals surface area contributed by atoms with E-state index >= 15 is 0 Å². The Bertz CT molecular complexity index is 192. The van der Waals surface area contributed by atoms with Crippen molar-refractivity contribution in [2.45, 2.75) is 18.9 Å². The van der Waals surface area contributed by atoms with Crippen molar-refractivity contribution in [2.24, 2.45) is 5.73 Å². The molecule has 0 fully saturated rings. The molecule has 1 unspecified atom stereocenters. The molecule has 0 heterocycles. The van der Waals surface area contributed by atoms with Crippen LogP contribution in [-0.4, -0.2) is 31.6 Å². The average molecular weight is 166 g/mol. The third-order valence-electron chi connectivity index (χ3n) is 2.32. The summed E-state index contributed by atoms with van der Waals surface area (Å²) in [5.74, 6) is 0. The van der Waals surface area contributed by atoms with Crippen LogP contribution < -0.4 is 5.73 Å². The lowest BCUT2D eigenvalue weighted by Gasteiger charge is -2.26. The van der Waals surface area contributed by atoms with Crippen molar-refractivity contribution in [1.82, 2.24) is 4.90 Å². The van der Waals surface area contributed by atoms with Crippen LogP contribution in [0.15, 0.2) is 23.8 Å². The maximum absolute atomic E-state index is 5.70. The number of hydrogen-bond acceptors (Lipinski definition) is 2. The first-order valence-electron chi connectivity index (χ1n) is 4.47. The van der Waals surface area contributed by atoms with Crippen molar-refractivity contribution < 1.29 is 0 Å². The molecule has 2 nitrogen and oxygen atoms in total. The maximum Gasteiger partial charge on any atom is 0.0427 e. The van der Waals surface area contributed by atoms with Gasteiger partial charge in [-0.05, 0) is 26.9 Å². The second-order valence-corrected chi connectivity index (χ2v) is 3.42. The topological polar surface area (TPSA) is 29.3 Å². The molecule has 0 aliphatic heterocycles. The van der Waals surface area contributed by atoms with Crippen LogP contribution in [0.4, 0.5) is 0 Å². The predicted molar refractivity (Wildman–Crippen MR) is 53.0 cm³/mol. The minimum absolute atomic E-state index is 0.426. The number of nitrogens with two attached hydrogens (primary N) is 1. The highest BCUT2D eigenvalue weighted by Crippen LogP contribution is 2.17. The van der Waals surface area contributed by atoms with Crippen molar-refractivity contribution in [3.8, 4) is 0 Å². The van der Waals surface area contributed by atoms with Crippen LogP contribution in [0.2, 0.25) is 0 Å². The molecule has 0 aromatic rings. The van der Waals surface area contributed by atoms with E-state index in [0.717, 1.165) is 12.8 Å². The van der Waals surface area contributed by atoms with Crippen molar-refractivity contribution in [1.29, 1.82) is 0 Å². The molecule has 12 heavy (non-hydrogen) atoms. The summed E-state index contributed by atoms with van der Waals surface area (Å²) in [6, 6.07) is 0.426. The highest BCUT2D eigenvalue weighted by Gasteiger charge is 2.14. The fourth-order valence-electron chi connectivity index (χ4n) is 1.59. The Kier molecular flexibility index (Phi) is 3.50. The number of rotatable bonds is 3. The van der Waals surface area contributed by atoms with Gasteiger partial charge < -0.3 is 10.6 Å².